The molecule has 0 aromatic heterocycles. The number of nitrogens with one attached hydrogen (secondary N) is 1. The van der Waals surface area contributed by atoms with Crippen molar-refractivity contribution in [1.29, 1.82) is 0 Å². The van der Waals surface area contributed by atoms with Crippen LogP contribution in [0.15, 0.2) is 48.5 Å². The summed E-state index contributed by atoms with van der Waals surface area (Å²) in [4.78, 5) is 21.2. The molecule has 2 aromatic rings. The highest BCUT2D eigenvalue weighted by Crippen LogP contribution is 2.16. The van der Waals surface area contributed by atoms with Gasteiger partial charge in [-0.05, 0) is 30.2 Å². The second-order valence-corrected chi connectivity index (χ2v) is 4.44. The second-order valence-electron chi connectivity index (χ2n) is 4.44. The summed E-state index contributed by atoms with van der Waals surface area (Å²) in [6.07, 6.45) is 0.555. The number of hydrogen-bond acceptors (Lipinski definition) is 4. The minimum atomic E-state index is -0.944. The lowest BCUT2D eigenvalue weighted by atomic mass is 10.0. The topological polar surface area (TPSA) is 92.5 Å². The van der Waals surface area contributed by atoms with Gasteiger partial charge in [-0.1, -0.05) is 18.2 Å². The van der Waals surface area contributed by atoms with E-state index in [9.17, 15) is 14.9 Å². The third-order valence-corrected chi connectivity index (χ3v) is 3.05. The first kappa shape index (κ1) is 14.5. The molecule has 108 valence electrons. The highest BCUT2D eigenvalue weighted by molar-refractivity contribution is 5.89. The number of carbonyl (C=O) groups is 1. The van der Waals surface area contributed by atoms with Gasteiger partial charge in [0.1, 0.15) is 0 Å². The van der Waals surface area contributed by atoms with Gasteiger partial charge in [0.05, 0.1) is 10.5 Å². The maximum absolute atomic E-state index is 11.1. The number of nitro benzene ring substituents is 1. The molecule has 0 amide bonds. The zero-order valence-corrected chi connectivity index (χ0v) is 11.2. The Hall–Kier alpha value is -2.89. The Morgan fingerprint density at radius 3 is 2.43 bits per heavy atom. The Labute approximate surface area is 121 Å². The lowest BCUT2D eigenvalue weighted by Gasteiger charge is -2.08. The maximum Gasteiger partial charge on any atom is 0.335 e. The molecule has 21 heavy (non-hydrogen) atoms. The van der Waals surface area contributed by atoms with Crippen molar-refractivity contribution in [1.82, 2.24) is 0 Å². The molecule has 2 aromatic carbocycles. The standard InChI is InChI=1S/C15H14N2O4/c18-15(19)14-4-2-1-3-11(14)9-10-16-12-5-7-13(8-6-12)17(20)21/h1-8,16H,9-10H2,(H,18,19). The number of aromatic carboxylic acids is 1. The van der Waals surface area contributed by atoms with E-state index < -0.39 is 10.9 Å². The van der Waals surface area contributed by atoms with Crippen molar-refractivity contribution in [3.8, 4) is 0 Å². The van der Waals surface area contributed by atoms with Gasteiger partial charge in [0, 0.05) is 24.4 Å². The van der Waals surface area contributed by atoms with Crippen molar-refractivity contribution in [2.45, 2.75) is 6.42 Å². The molecule has 0 bridgehead atoms. The van der Waals surface area contributed by atoms with Gasteiger partial charge in [-0.15, -0.1) is 0 Å². The number of benzene rings is 2. The van der Waals surface area contributed by atoms with Crippen LogP contribution in [0.2, 0.25) is 0 Å². The number of carboxylic acid groups (broad SMARTS) is 1. The van der Waals surface area contributed by atoms with Gasteiger partial charge in [-0.3, -0.25) is 10.1 Å². The molecule has 0 spiro atoms. The van der Waals surface area contributed by atoms with Crippen LogP contribution in [0, 0.1) is 10.1 Å². The van der Waals surface area contributed by atoms with Crippen molar-refractivity contribution in [3.63, 3.8) is 0 Å². The normalized spacial score (nSPS) is 10.1. The number of nitrogens with zero attached hydrogens (tertiary/aromatic N) is 1. The van der Waals surface area contributed by atoms with Crippen LogP contribution in [-0.2, 0) is 6.42 Å². The molecular weight excluding hydrogens is 272 g/mol. The number of rotatable bonds is 6. The molecule has 0 aliphatic carbocycles. The smallest absolute Gasteiger partial charge is 0.335 e. The Balaban J connectivity index is 1.95. The van der Waals surface area contributed by atoms with Crippen molar-refractivity contribution >= 4 is 17.3 Å². The van der Waals surface area contributed by atoms with Gasteiger partial charge >= 0.3 is 5.97 Å². The zero-order valence-electron chi connectivity index (χ0n) is 11.2. The van der Waals surface area contributed by atoms with Gasteiger partial charge in [-0.2, -0.15) is 0 Å². The summed E-state index contributed by atoms with van der Waals surface area (Å²) in [5, 5.41) is 22.7. The number of carboxylic acids is 1. The van der Waals surface area contributed by atoms with Crippen LogP contribution in [0.4, 0.5) is 11.4 Å². The van der Waals surface area contributed by atoms with Crippen LogP contribution >= 0.6 is 0 Å². The van der Waals surface area contributed by atoms with Crippen LogP contribution in [0.5, 0.6) is 0 Å². The third kappa shape index (κ3) is 3.79. The van der Waals surface area contributed by atoms with Crippen LogP contribution in [0.25, 0.3) is 0 Å². The van der Waals surface area contributed by atoms with Crippen LogP contribution in [0.1, 0.15) is 15.9 Å². The van der Waals surface area contributed by atoms with Crippen molar-refractivity contribution in [2.24, 2.45) is 0 Å². The van der Waals surface area contributed by atoms with E-state index in [1.54, 1.807) is 36.4 Å². The average molecular weight is 286 g/mol. The molecule has 0 aliphatic heterocycles. The van der Waals surface area contributed by atoms with Gasteiger partial charge in [0.2, 0.25) is 0 Å². The molecule has 0 atom stereocenters. The first-order valence-corrected chi connectivity index (χ1v) is 6.37. The number of non-ortho nitro benzene ring substituents is 1. The number of anilines is 1. The summed E-state index contributed by atoms with van der Waals surface area (Å²) < 4.78 is 0. The van der Waals surface area contributed by atoms with E-state index in [4.69, 9.17) is 5.11 Å². The van der Waals surface area contributed by atoms with Crippen LogP contribution < -0.4 is 5.32 Å². The number of nitro groups is 1. The van der Waals surface area contributed by atoms with Gasteiger partial charge in [0.15, 0.2) is 0 Å². The molecule has 6 heteroatoms. The van der Waals surface area contributed by atoms with E-state index in [-0.39, 0.29) is 5.69 Å². The molecule has 0 radical (unpaired) electrons. The molecule has 0 saturated carbocycles. The fourth-order valence-corrected chi connectivity index (χ4v) is 1.99. The highest BCUT2D eigenvalue weighted by atomic mass is 16.6. The van der Waals surface area contributed by atoms with E-state index in [1.807, 2.05) is 0 Å². The molecule has 0 unspecified atom stereocenters. The summed E-state index contributed by atoms with van der Waals surface area (Å²) in [7, 11) is 0. The monoisotopic (exact) mass is 286 g/mol. The average Bonchev–Trinajstić information content (AvgIpc) is 2.48. The quantitative estimate of drug-likeness (QED) is 0.629. The van der Waals surface area contributed by atoms with Crippen LogP contribution in [0.3, 0.4) is 0 Å². The third-order valence-electron chi connectivity index (χ3n) is 3.05. The molecule has 6 nitrogen and oxygen atoms in total. The van der Waals surface area contributed by atoms with E-state index in [0.29, 0.717) is 18.5 Å². The Morgan fingerprint density at radius 1 is 1.14 bits per heavy atom. The Bertz CT molecular complexity index is 653. The lowest BCUT2D eigenvalue weighted by Crippen LogP contribution is -2.09. The molecule has 0 heterocycles. The first-order chi connectivity index (χ1) is 10.1. The lowest BCUT2D eigenvalue weighted by molar-refractivity contribution is -0.384. The molecule has 0 fully saturated rings. The largest absolute Gasteiger partial charge is 0.478 e. The predicted molar refractivity (Wildman–Crippen MR) is 78.7 cm³/mol. The summed E-state index contributed by atoms with van der Waals surface area (Å²) >= 11 is 0. The zero-order chi connectivity index (χ0) is 15.2. The van der Waals surface area contributed by atoms with E-state index >= 15 is 0 Å². The fraction of sp³-hybridized carbons (Fsp3) is 0.133. The minimum absolute atomic E-state index is 0.0387. The van der Waals surface area contributed by atoms with E-state index in [1.165, 1.54) is 12.1 Å². The summed E-state index contributed by atoms with van der Waals surface area (Å²) in [6.45, 7) is 0.544. The molecular formula is C15H14N2O4. The number of hydrogen-bond donors (Lipinski definition) is 2. The molecule has 2 N–H and O–H groups in total. The van der Waals surface area contributed by atoms with Crippen LogP contribution in [-0.4, -0.2) is 22.5 Å². The highest BCUT2D eigenvalue weighted by Gasteiger charge is 2.08. The predicted octanol–water partition coefficient (Wildman–Crippen LogP) is 2.95. The molecule has 0 saturated heterocycles. The second kappa shape index (κ2) is 6.51. The molecule has 0 aliphatic rings. The fourth-order valence-electron chi connectivity index (χ4n) is 1.99. The van der Waals surface area contributed by atoms with Crippen molar-refractivity contribution in [3.05, 3.63) is 69.8 Å². The summed E-state index contributed by atoms with van der Waals surface area (Å²) in [6, 6.07) is 12.9. The van der Waals surface area contributed by atoms with E-state index in [0.717, 1.165) is 11.3 Å². The SMILES string of the molecule is O=C(O)c1ccccc1CCNc1ccc([N+](=O)[O-])cc1. The van der Waals surface area contributed by atoms with Crippen molar-refractivity contribution < 1.29 is 14.8 Å². The first-order valence-electron chi connectivity index (χ1n) is 6.37. The Morgan fingerprint density at radius 2 is 1.81 bits per heavy atom. The maximum atomic E-state index is 11.1. The van der Waals surface area contributed by atoms with Gasteiger partial charge in [0.25, 0.3) is 5.69 Å². The Kier molecular flexibility index (Phi) is 4.50. The van der Waals surface area contributed by atoms with E-state index in [2.05, 4.69) is 5.32 Å². The summed E-state index contributed by atoms with van der Waals surface area (Å²) in [5.41, 5.74) is 1.84. The van der Waals surface area contributed by atoms with Gasteiger partial charge < -0.3 is 10.4 Å². The molecule has 2 rings (SSSR count). The van der Waals surface area contributed by atoms with Gasteiger partial charge in [-0.25, -0.2) is 4.79 Å². The van der Waals surface area contributed by atoms with Crippen molar-refractivity contribution in [2.75, 3.05) is 11.9 Å². The minimum Gasteiger partial charge on any atom is -0.478 e. The summed E-state index contributed by atoms with van der Waals surface area (Å²) in [5.74, 6) is -0.944.